The highest BCUT2D eigenvalue weighted by molar-refractivity contribution is 6.09. The smallest absolute Gasteiger partial charge is 0.347 e. The van der Waals surface area contributed by atoms with Crippen molar-refractivity contribution in [1.82, 2.24) is 0 Å². The second-order valence-corrected chi connectivity index (χ2v) is 18.7. The van der Waals surface area contributed by atoms with Crippen LogP contribution in [-0.2, 0) is 0 Å². The first-order valence-corrected chi connectivity index (χ1v) is 26.6. The number of rotatable bonds is 21. The van der Waals surface area contributed by atoms with Crippen LogP contribution in [0.1, 0.15) is 89.3 Å². The van der Waals surface area contributed by atoms with E-state index in [0.29, 0.717) is 49.6 Å². The molecule has 0 aliphatic carbocycles. The van der Waals surface area contributed by atoms with Gasteiger partial charge in [-0.15, -0.1) is 0 Å². The molecule has 0 aliphatic rings. The summed E-state index contributed by atoms with van der Waals surface area (Å²) < 4.78 is 16.9. The minimum absolute atomic E-state index is 0.0692. The summed E-state index contributed by atoms with van der Waals surface area (Å²) >= 11 is 0. The minimum Gasteiger partial charge on any atom is -0.422 e. The van der Waals surface area contributed by atoms with Gasteiger partial charge in [-0.1, -0.05) is 54.6 Å². The van der Waals surface area contributed by atoms with E-state index in [1.165, 1.54) is 18.2 Å². The van der Waals surface area contributed by atoms with Crippen LogP contribution in [0.4, 0.5) is 34.1 Å². The molecule has 0 radical (unpaired) electrons. The van der Waals surface area contributed by atoms with Gasteiger partial charge in [-0.2, -0.15) is 0 Å². The van der Waals surface area contributed by atoms with Gasteiger partial charge in [0, 0.05) is 108 Å². The average Bonchev–Trinajstić information content (AvgIpc) is 3.50. The molecule has 0 atom stereocenters. The fraction of sp³-hybridized carbons (Fsp3) is 0.182. The zero-order valence-electron chi connectivity index (χ0n) is 45.0. The van der Waals surface area contributed by atoms with Gasteiger partial charge >= 0.3 is 16.9 Å². The van der Waals surface area contributed by atoms with E-state index >= 15 is 0 Å². The van der Waals surface area contributed by atoms with Gasteiger partial charge in [-0.25, -0.2) is 14.4 Å². The summed E-state index contributed by atoms with van der Waals surface area (Å²) in [4.78, 5) is 87.9. The van der Waals surface area contributed by atoms with E-state index in [0.717, 1.165) is 73.4 Å². The van der Waals surface area contributed by atoms with Crippen molar-refractivity contribution in [3.63, 3.8) is 0 Å². The maximum absolute atomic E-state index is 13.4. The normalized spacial score (nSPS) is 11.6. The number of hydrogen-bond acceptors (Lipinski definition) is 13. The molecule has 0 fully saturated rings. The molecular formula is C66H60N4O9. The molecule has 0 amide bonds. The van der Waals surface area contributed by atoms with Crippen molar-refractivity contribution < 1.29 is 27.6 Å². The third kappa shape index (κ3) is 12.0. The maximum atomic E-state index is 13.4. The highest BCUT2D eigenvalue weighted by Gasteiger charge is 2.18. The van der Waals surface area contributed by atoms with Gasteiger partial charge in [0.15, 0.2) is 17.3 Å². The second-order valence-electron chi connectivity index (χ2n) is 18.7. The topological polar surface area (TPSA) is 155 Å². The Labute approximate surface area is 457 Å². The molecule has 0 saturated carbocycles. The van der Waals surface area contributed by atoms with Crippen LogP contribution in [0.3, 0.4) is 0 Å². The third-order valence-electron chi connectivity index (χ3n) is 14.1. The van der Waals surface area contributed by atoms with Crippen LogP contribution in [-0.4, -0.2) is 56.6 Å². The first-order chi connectivity index (χ1) is 38.3. The van der Waals surface area contributed by atoms with Crippen molar-refractivity contribution in [3.8, 4) is 0 Å². The van der Waals surface area contributed by atoms with E-state index in [-0.39, 0.29) is 16.7 Å². The molecule has 0 unspecified atom stereocenters. The Balaban J connectivity index is 0.965. The van der Waals surface area contributed by atoms with E-state index in [1.54, 1.807) is 36.4 Å². The number of allylic oxidation sites excluding steroid dienone is 3. The monoisotopic (exact) mass is 1050 g/mol. The lowest BCUT2D eigenvalue weighted by Crippen LogP contribution is -2.21. The number of fused-ring (bicyclic) bond motifs is 3. The summed E-state index contributed by atoms with van der Waals surface area (Å²) in [7, 11) is 0. The number of carbonyl (C=O) groups is 3. The molecule has 13 nitrogen and oxygen atoms in total. The van der Waals surface area contributed by atoms with Crippen molar-refractivity contribution in [1.29, 1.82) is 0 Å². The fourth-order valence-electron chi connectivity index (χ4n) is 9.61. The summed E-state index contributed by atoms with van der Waals surface area (Å²) in [5.41, 5.74) is 6.07. The molecule has 0 saturated heterocycles. The molecule has 3 heterocycles. The first-order valence-electron chi connectivity index (χ1n) is 26.6. The number of nitrogens with zero attached hydrogens (tertiary/aromatic N) is 4. The van der Waals surface area contributed by atoms with Gasteiger partial charge in [-0.05, 0) is 167 Å². The summed E-state index contributed by atoms with van der Waals surface area (Å²) in [6, 6.07) is 44.1. The fourth-order valence-corrected chi connectivity index (χ4v) is 9.61. The summed E-state index contributed by atoms with van der Waals surface area (Å²) in [5.74, 6) is -1.47. The number of hydrogen-bond donors (Lipinski definition) is 0. The lowest BCUT2D eigenvalue weighted by molar-refractivity contribution is 0.103. The molecule has 0 aliphatic heterocycles. The Morgan fingerprint density at radius 1 is 0.342 bits per heavy atom. The molecule has 0 bridgehead atoms. The van der Waals surface area contributed by atoms with Crippen molar-refractivity contribution in [2.45, 2.75) is 41.5 Å². The SMILES string of the molecule is CCN(CC)c1ccc2cc(C(=O)/C=C/c3ccc(N(c4ccc(/C=C/C(=O)c5cc6ccc(N(CC)CC)cc6oc5=O)cc4)c4ccc(/C=C/C(=O)c5cc6ccc(N(CC)CC)cc6oc5=O)cc4)cc3)c(=O)oc2c1. The summed E-state index contributed by atoms with van der Waals surface area (Å²) in [6.07, 6.45) is 9.00. The zero-order valence-corrected chi connectivity index (χ0v) is 45.0. The van der Waals surface area contributed by atoms with E-state index in [2.05, 4.69) is 56.2 Å². The molecule has 13 heteroatoms. The van der Waals surface area contributed by atoms with Gasteiger partial charge in [0.05, 0.1) is 0 Å². The Bertz CT molecular complexity index is 3590. The summed E-state index contributed by atoms with van der Waals surface area (Å²) in [6.45, 7) is 17.1. The van der Waals surface area contributed by atoms with Crippen LogP contribution < -0.4 is 36.5 Å². The second kappa shape index (κ2) is 24.2. The highest BCUT2D eigenvalue weighted by atomic mass is 16.4. The van der Waals surface area contributed by atoms with E-state index in [9.17, 15) is 28.8 Å². The van der Waals surface area contributed by atoms with Gasteiger partial charge < -0.3 is 32.9 Å². The number of ketones is 3. The predicted molar refractivity (Wildman–Crippen MR) is 319 cm³/mol. The van der Waals surface area contributed by atoms with Crippen LogP contribution in [0, 0.1) is 0 Å². The van der Waals surface area contributed by atoms with Crippen LogP contribution in [0.25, 0.3) is 51.1 Å². The highest BCUT2D eigenvalue weighted by Crippen LogP contribution is 2.36. The maximum Gasteiger partial charge on any atom is 0.347 e. The lowest BCUT2D eigenvalue weighted by Gasteiger charge is -2.26. The predicted octanol–water partition coefficient (Wildman–Crippen LogP) is 13.7. The largest absolute Gasteiger partial charge is 0.422 e. The van der Waals surface area contributed by atoms with Crippen molar-refractivity contribution in [2.24, 2.45) is 0 Å². The van der Waals surface area contributed by atoms with Gasteiger partial charge in [-0.3, -0.25) is 14.4 Å². The molecule has 9 aromatic rings. The van der Waals surface area contributed by atoms with E-state index in [4.69, 9.17) is 13.3 Å². The molecule has 3 aromatic heterocycles. The number of carbonyl (C=O) groups excluding carboxylic acids is 3. The van der Waals surface area contributed by atoms with E-state index in [1.807, 2.05) is 132 Å². The molecule has 9 rings (SSSR count). The van der Waals surface area contributed by atoms with Crippen LogP contribution in [0.15, 0.2) is 191 Å². The number of anilines is 6. The Hall–Kier alpha value is -9.62. The Morgan fingerprint density at radius 2 is 0.582 bits per heavy atom. The van der Waals surface area contributed by atoms with Gasteiger partial charge in [0.1, 0.15) is 33.4 Å². The Kier molecular flexibility index (Phi) is 16.6. The molecule has 398 valence electrons. The summed E-state index contributed by atoms with van der Waals surface area (Å²) in [5, 5.41) is 1.93. The van der Waals surface area contributed by atoms with Crippen molar-refractivity contribution in [2.75, 3.05) is 58.9 Å². The van der Waals surface area contributed by atoms with Gasteiger partial charge in [0.25, 0.3) is 0 Å². The lowest BCUT2D eigenvalue weighted by atomic mass is 10.1. The first kappa shape index (κ1) is 54.2. The van der Waals surface area contributed by atoms with Crippen molar-refractivity contribution in [3.05, 3.63) is 228 Å². The molecular weight excluding hydrogens is 993 g/mol. The van der Waals surface area contributed by atoms with E-state index < -0.39 is 34.2 Å². The van der Waals surface area contributed by atoms with Crippen LogP contribution in [0.5, 0.6) is 0 Å². The standard InChI is InChI=1S/C66H60N4O9/c1-7-67(8-2)52-31-22-46-37-55(64(74)77-61(46)40-52)58(71)34-19-43-13-25-49(26-14-43)70(50-27-15-44(16-28-50)20-35-59(72)56-38-47-23-32-53(68(9-3)10-4)41-62(47)78-65(56)75)51-29-17-45(18-30-51)21-36-60(73)57-39-48-24-33-54(69(11-5)12-6)42-63(48)79-66(57)76/h13-42H,7-12H2,1-6H3/b34-19+,35-20+,36-21+. The van der Waals surface area contributed by atoms with Crippen LogP contribution >= 0.6 is 0 Å². The van der Waals surface area contributed by atoms with Crippen LogP contribution in [0.2, 0.25) is 0 Å². The minimum atomic E-state index is -0.713. The molecule has 79 heavy (non-hydrogen) atoms. The molecule has 6 aromatic carbocycles. The zero-order chi connectivity index (χ0) is 55.7. The molecule has 0 N–H and O–H groups in total. The van der Waals surface area contributed by atoms with Crippen molar-refractivity contribution >= 4 is 103 Å². The Morgan fingerprint density at radius 3 is 0.823 bits per heavy atom. The quantitative estimate of drug-likeness (QED) is 0.0381. The number of benzene rings is 6. The average molecular weight is 1050 g/mol. The molecule has 0 spiro atoms. The van der Waals surface area contributed by atoms with Gasteiger partial charge in [0.2, 0.25) is 0 Å². The third-order valence-corrected chi connectivity index (χ3v) is 14.1.